The SMILES string of the molecule is COCC[C@]1(O)CCN(c2nc(N(C)C)nc(C)c2C)C[C@H]1C. The maximum Gasteiger partial charge on any atom is 0.227 e. The van der Waals surface area contributed by atoms with Gasteiger partial charge in [0.2, 0.25) is 5.95 Å². The topological polar surface area (TPSA) is 61.7 Å². The Kier molecular flexibility index (Phi) is 5.47. The lowest BCUT2D eigenvalue weighted by Crippen LogP contribution is -2.51. The molecule has 1 aliphatic rings. The van der Waals surface area contributed by atoms with E-state index < -0.39 is 5.60 Å². The number of aliphatic hydroxyl groups is 1. The van der Waals surface area contributed by atoms with Crippen LogP contribution in [0.4, 0.5) is 11.8 Å². The molecule has 0 amide bonds. The Bertz CT molecular complexity index is 550. The van der Waals surface area contributed by atoms with Crippen molar-refractivity contribution in [1.29, 1.82) is 0 Å². The van der Waals surface area contributed by atoms with Gasteiger partial charge in [0, 0.05) is 58.1 Å². The van der Waals surface area contributed by atoms with Crippen LogP contribution in [0.25, 0.3) is 0 Å². The van der Waals surface area contributed by atoms with Crippen LogP contribution in [0.1, 0.15) is 31.0 Å². The van der Waals surface area contributed by atoms with Crippen LogP contribution in [0.2, 0.25) is 0 Å². The smallest absolute Gasteiger partial charge is 0.227 e. The Morgan fingerprint density at radius 1 is 1.35 bits per heavy atom. The molecule has 0 radical (unpaired) electrons. The number of hydrogen-bond donors (Lipinski definition) is 1. The van der Waals surface area contributed by atoms with Gasteiger partial charge in [-0.05, 0) is 26.7 Å². The van der Waals surface area contributed by atoms with Gasteiger partial charge in [0.1, 0.15) is 5.82 Å². The van der Waals surface area contributed by atoms with Gasteiger partial charge in [0.25, 0.3) is 0 Å². The third kappa shape index (κ3) is 3.75. The second-order valence-electron chi connectivity index (χ2n) is 6.90. The molecule has 0 aromatic carbocycles. The molecule has 1 fully saturated rings. The summed E-state index contributed by atoms with van der Waals surface area (Å²) < 4.78 is 5.15. The molecule has 0 spiro atoms. The minimum atomic E-state index is -0.646. The maximum atomic E-state index is 10.9. The van der Waals surface area contributed by atoms with Crippen LogP contribution in [0.5, 0.6) is 0 Å². The van der Waals surface area contributed by atoms with Gasteiger partial charge in [0.05, 0.1) is 5.60 Å². The molecule has 1 N–H and O–H groups in total. The van der Waals surface area contributed by atoms with Crippen LogP contribution in [-0.4, -0.2) is 61.6 Å². The van der Waals surface area contributed by atoms with E-state index >= 15 is 0 Å². The van der Waals surface area contributed by atoms with Crippen molar-refractivity contribution in [3.8, 4) is 0 Å². The average molecular weight is 322 g/mol. The van der Waals surface area contributed by atoms with Crippen molar-refractivity contribution in [2.75, 3.05) is 50.7 Å². The number of piperidine rings is 1. The standard InChI is InChI=1S/C17H30N4O2/c1-12-11-21(9-7-17(12,22)8-10-23-6)15-13(2)14(3)18-16(19-15)20(4)5/h12,22H,7-11H2,1-6H3/t12-,17-/m1/s1. The molecule has 6 nitrogen and oxygen atoms in total. The number of aryl methyl sites for hydroxylation is 1. The number of nitrogens with zero attached hydrogens (tertiary/aromatic N) is 4. The fraction of sp³-hybridized carbons (Fsp3) is 0.765. The van der Waals surface area contributed by atoms with Crippen molar-refractivity contribution in [3.63, 3.8) is 0 Å². The van der Waals surface area contributed by atoms with Crippen molar-refractivity contribution in [3.05, 3.63) is 11.3 Å². The molecule has 0 unspecified atom stereocenters. The molecule has 130 valence electrons. The van der Waals surface area contributed by atoms with Crippen molar-refractivity contribution >= 4 is 11.8 Å². The number of ether oxygens (including phenoxy) is 1. The van der Waals surface area contributed by atoms with Crippen LogP contribution in [0.15, 0.2) is 0 Å². The summed E-state index contributed by atoms with van der Waals surface area (Å²) in [4.78, 5) is 13.5. The quantitative estimate of drug-likeness (QED) is 0.891. The Hall–Kier alpha value is -1.40. The highest BCUT2D eigenvalue weighted by atomic mass is 16.5. The highest BCUT2D eigenvalue weighted by Crippen LogP contribution is 2.34. The van der Waals surface area contributed by atoms with Crippen LogP contribution in [-0.2, 0) is 4.74 Å². The summed E-state index contributed by atoms with van der Waals surface area (Å²) in [5.74, 6) is 1.89. The zero-order chi connectivity index (χ0) is 17.2. The average Bonchev–Trinajstić information content (AvgIpc) is 2.50. The van der Waals surface area contributed by atoms with E-state index in [2.05, 4.69) is 23.7 Å². The summed E-state index contributed by atoms with van der Waals surface area (Å²) in [5, 5.41) is 10.9. The summed E-state index contributed by atoms with van der Waals surface area (Å²) in [6.07, 6.45) is 1.42. The maximum absolute atomic E-state index is 10.9. The molecular weight excluding hydrogens is 292 g/mol. The van der Waals surface area contributed by atoms with Gasteiger partial charge < -0.3 is 19.6 Å². The van der Waals surface area contributed by atoms with E-state index in [0.717, 1.165) is 42.5 Å². The van der Waals surface area contributed by atoms with E-state index in [1.165, 1.54) is 0 Å². The molecule has 1 aromatic rings. The van der Waals surface area contributed by atoms with Gasteiger partial charge in [-0.25, -0.2) is 4.98 Å². The lowest BCUT2D eigenvalue weighted by Gasteiger charge is -2.44. The first-order valence-electron chi connectivity index (χ1n) is 8.27. The molecule has 2 rings (SSSR count). The molecule has 0 saturated carbocycles. The number of methoxy groups -OCH3 is 1. The van der Waals surface area contributed by atoms with Crippen LogP contribution < -0.4 is 9.80 Å². The van der Waals surface area contributed by atoms with Gasteiger partial charge in [-0.2, -0.15) is 4.98 Å². The molecule has 6 heteroatoms. The summed E-state index contributed by atoms with van der Waals surface area (Å²) in [6, 6.07) is 0. The van der Waals surface area contributed by atoms with E-state index in [-0.39, 0.29) is 5.92 Å². The third-order valence-corrected chi connectivity index (χ3v) is 5.02. The predicted octanol–water partition coefficient (Wildman–Crippen LogP) is 1.77. The monoisotopic (exact) mass is 322 g/mol. The van der Waals surface area contributed by atoms with E-state index in [0.29, 0.717) is 13.0 Å². The van der Waals surface area contributed by atoms with Crippen LogP contribution >= 0.6 is 0 Å². The molecule has 23 heavy (non-hydrogen) atoms. The van der Waals surface area contributed by atoms with Gasteiger partial charge in [-0.1, -0.05) is 6.92 Å². The third-order valence-electron chi connectivity index (χ3n) is 5.02. The highest BCUT2D eigenvalue weighted by molar-refractivity contribution is 5.52. The van der Waals surface area contributed by atoms with E-state index in [1.54, 1.807) is 7.11 Å². The lowest BCUT2D eigenvalue weighted by molar-refractivity contribution is -0.0489. The zero-order valence-electron chi connectivity index (χ0n) is 15.3. The van der Waals surface area contributed by atoms with Crippen molar-refractivity contribution < 1.29 is 9.84 Å². The van der Waals surface area contributed by atoms with Crippen molar-refractivity contribution in [2.24, 2.45) is 5.92 Å². The predicted molar refractivity (Wildman–Crippen MR) is 93.3 cm³/mol. The largest absolute Gasteiger partial charge is 0.389 e. The molecule has 2 heterocycles. The van der Waals surface area contributed by atoms with Gasteiger partial charge in [0.15, 0.2) is 0 Å². The van der Waals surface area contributed by atoms with Crippen LogP contribution in [0, 0.1) is 19.8 Å². The van der Waals surface area contributed by atoms with Crippen molar-refractivity contribution in [1.82, 2.24) is 9.97 Å². The first-order chi connectivity index (χ1) is 10.8. The fourth-order valence-electron chi connectivity index (χ4n) is 3.12. The Labute approximate surface area is 139 Å². The molecule has 0 aliphatic carbocycles. The summed E-state index contributed by atoms with van der Waals surface area (Å²) >= 11 is 0. The van der Waals surface area contributed by atoms with E-state index in [1.807, 2.05) is 25.9 Å². The molecular formula is C17H30N4O2. The van der Waals surface area contributed by atoms with Gasteiger partial charge in [-0.3, -0.25) is 0 Å². The van der Waals surface area contributed by atoms with Crippen molar-refractivity contribution in [2.45, 2.75) is 39.2 Å². The minimum Gasteiger partial charge on any atom is -0.389 e. The fourth-order valence-corrected chi connectivity index (χ4v) is 3.12. The number of aromatic nitrogens is 2. The van der Waals surface area contributed by atoms with E-state index in [9.17, 15) is 5.11 Å². The Balaban J connectivity index is 2.22. The summed E-state index contributed by atoms with van der Waals surface area (Å²) in [6.45, 7) is 8.39. The molecule has 1 saturated heterocycles. The second kappa shape index (κ2) is 7.01. The zero-order valence-corrected chi connectivity index (χ0v) is 15.3. The van der Waals surface area contributed by atoms with E-state index in [4.69, 9.17) is 9.72 Å². The van der Waals surface area contributed by atoms with Gasteiger partial charge in [-0.15, -0.1) is 0 Å². The number of anilines is 2. The summed E-state index contributed by atoms with van der Waals surface area (Å²) in [7, 11) is 5.59. The molecule has 1 aliphatic heterocycles. The Morgan fingerprint density at radius 2 is 2.04 bits per heavy atom. The number of rotatable bonds is 5. The molecule has 1 aromatic heterocycles. The highest BCUT2D eigenvalue weighted by Gasteiger charge is 2.39. The number of hydrogen-bond acceptors (Lipinski definition) is 6. The summed E-state index contributed by atoms with van der Waals surface area (Å²) in [5.41, 5.74) is 1.48. The molecule has 0 bridgehead atoms. The minimum absolute atomic E-state index is 0.170. The first-order valence-corrected chi connectivity index (χ1v) is 8.27. The second-order valence-corrected chi connectivity index (χ2v) is 6.90. The normalized spacial score (nSPS) is 24.8. The first kappa shape index (κ1) is 17.9. The lowest BCUT2D eigenvalue weighted by atomic mass is 9.80. The van der Waals surface area contributed by atoms with Gasteiger partial charge >= 0.3 is 0 Å². The molecule has 2 atom stereocenters. The Morgan fingerprint density at radius 3 is 2.61 bits per heavy atom. The van der Waals surface area contributed by atoms with Crippen LogP contribution in [0.3, 0.4) is 0 Å².